The number of halogens is 2. The van der Waals surface area contributed by atoms with Gasteiger partial charge >= 0.3 is 18.6 Å². The number of aliphatic carboxylic acids is 1. The minimum Gasteiger partial charge on any atom is -0.482 e. The summed E-state index contributed by atoms with van der Waals surface area (Å²) in [5, 5.41) is 8.58. The van der Waals surface area contributed by atoms with Crippen molar-refractivity contribution in [2.24, 2.45) is 4.99 Å². The highest BCUT2D eigenvalue weighted by molar-refractivity contribution is 6.13. The molecule has 1 aliphatic heterocycles. The van der Waals surface area contributed by atoms with Gasteiger partial charge < -0.3 is 19.3 Å². The Bertz CT molecular complexity index is 953. The Morgan fingerprint density at radius 3 is 2.57 bits per heavy atom. The zero-order chi connectivity index (χ0) is 20.1. The summed E-state index contributed by atoms with van der Waals surface area (Å²) >= 11 is 0. The van der Waals surface area contributed by atoms with E-state index in [2.05, 4.69) is 9.73 Å². The number of rotatable bonds is 7. The summed E-state index contributed by atoms with van der Waals surface area (Å²) in [6, 6.07) is 12.1. The number of carbonyl (C=O) groups excluding carboxylic acids is 1. The fourth-order valence-corrected chi connectivity index (χ4v) is 2.33. The summed E-state index contributed by atoms with van der Waals surface area (Å²) in [6.07, 6.45) is 1.44. The van der Waals surface area contributed by atoms with Crippen molar-refractivity contribution in [3.8, 4) is 11.5 Å². The van der Waals surface area contributed by atoms with E-state index < -0.39 is 25.2 Å². The van der Waals surface area contributed by atoms with E-state index in [-0.39, 0.29) is 22.9 Å². The second-order valence-electron chi connectivity index (χ2n) is 5.46. The Hall–Kier alpha value is -3.75. The van der Waals surface area contributed by atoms with Crippen LogP contribution in [0.4, 0.5) is 8.78 Å². The number of para-hydroxylation sites is 1. The largest absolute Gasteiger partial charge is 0.482 e. The third-order valence-corrected chi connectivity index (χ3v) is 3.50. The summed E-state index contributed by atoms with van der Waals surface area (Å²) in [5.41, 5.74) is 0.676. The molecule has 1 aliphatic rings. The predicted octanol–water partition coefficient (Wildman–Crippen LogP) is 3.10. The van der Waals surface area contributed by atoms with E-state index in [1.54, 1.807) is 18.2 Å². The normalized spacial score (nSPS) is 14.8. The molecule has 3 rings (SSSR count). The number of carboxylic acid groups (broad SMARTS) is 1. The first-order valence-electron chi connectivity index (χ1n) is 7.94. The van der Waals surface area contributed by atoms with Gasteiger partial charge in [-0.15, -0.1) is 0 Å². The van der Waals surface area contributed by atoms with Crippen molar-refractivity contribution in [2.75, 3.05) is 6.61 Å². The summed E-state index contributed by atoms with van der Waals surface area (Å²) in [4.78, 5) is 26.6. The number of hydrogen-bond acceptors (Lipinski definition) is 6. The lowest BCUT2D eigenvalue weighted by Crippen LogP contribution is -2.10. The number of esters is 1. The van der Waals surface area contributed by atoms with E-state index in [1.807, 2.05) is 0 Å². The molecule has 144 valence electrons. The van der Waals surface area contributed by atoms with Crippen LogP contribution in [0.3, 0.4) is 0 Å². The molecule has 0 bridgehead atoms. The Morgan fingerprint density at radius 2 is 1.89 bits per heavy atom. The maximum Gasteiger partial charge on any atom is 0.387 e. The summed E-state index contributed by atoms with van der Waals surface area (Å²) in [6.45, 7) is -3.50. The van der Waals surface area contributed by atoms with Gasteiger partial charge in [0.05, 0.1) is 5.56 Å². The number of ether oxygens (including phenoxy) is 3. The van der Waals surface area contributed by atoms with Crippen LogP contribution >= 0.6 is 0 Å². The summed E-state index contributed by atoms with van der Waals surface area (Å²) in [5.74, 6) is -1.80. The molecule has 9 heteroatoms. The van der Waals surface area contributed by atoms with Gasteiger partial charge in [0.15, 0.2) is 12.3 Å². The zero-order valence-corrected chi connectivity index (χ0v) is 14.2. The minimum atomic E-state index is -3.03. The topological polar surface area (TPSA) is 94.4 Å². The molecule has 1 heterocycles. The van der Waals surface area contributed by atoms with Crippen molar-refractivity contribution in [2.45, 2.75) is 6.61 Å². The van der Waals surface area contributed by atoms with E-state index in [9.17, 15) is 18.4 Å². The highest BCUT2D eigenvalue weighted by Crippen LogP contribution is 2.26. The van der Waals surface area contributed by atoms with E-state index >= 15 is 0 Å². The van der Waals surface area contributed by atoms with Crippen LogP contribution in [0.1, 0.15) is 11.1 Å². The summed E-state index contributed by atoms with van der Waals surface area (Å²) < 4.78 is 39.6. The molecule has 0 aliphatic carbocycles. The Morgan fingerprint density at radius 1 is 1.18 bits per heavy atom. The Kier molecular flexibility index (Phi) is 5.64. The van der Waals surface area contributed by atoms with Crippen molar-refractivity contribution in [3.05, 3.63) is 65.4 Å². The molecule has 0 aromatic heterocycles. The first-order chi connectivity index (χ1) is 13.4. The fraction of sp³-hybridized carbons (Fsp3) is 0.105. The molecule has 28 heavy (non-hydrogen) atoms. The number of hydrogen-bond donors (Lipinski definition) is 1. The van der Waals surface area contributed by atoms with E-state index in [1.165, 1.54) is 36.4 Å². The van der Waals surface area contributed by atoms with Gasteiger partial charge in [0, 0.05) is 0 Å². The lowest BCUT2D eigenvalue weighted by atomic mass is 10.2. The maximum absolute atomic E-state index is 12.5. The van der Waals surface area contributed by atoms with E-state index in [0.29, 0.717) is 11.3 Å². The van der Waals surface area contributed by atoms with Gasteiger partial charge in [-0.25, -0.2) is 14.6 Å². The van der Waals surface area contributed by atoms with Crippen LogP contribution < -0.4 is 9.47 Å². The summed E-state index contributed by atoms with van der Waals surface area (Å²) in [7, 11) is 0. The molecule has 0 fully saturated rings. The predicted molar refractivity (Wildman–Crippen MR) is 93.3 cm³/mol. The van der Waals surface area contributed by atoms with Gasteiger partial charge in [-0.2, -0.15) is 8.78 Å². The van der Waals surface area contributed by atoms with Crippen LogP contribution in [0, 0.1) is 0 Å². The number of aliphatic imine (C=N–C) groups is 1. The quantitative estimate of drug-likeness (QED) is 0.578. The maximum atomic E-state index is 12.5. The molecule has 0 spiro atoms. The van der Waals surface area contributed by atoms with Crippen molar-refractivity contribution < 1.29 is 37.7 Å². The van der Waals surface area contributed by atoms with Gasteiger partial charge in [0.25, 0.3) is 0 Å². The number of nitrogens with zero attached hydrogens (tertiary/aromatic N) is 1. The van der Waals surface area contributed by atoms with Gasteiger partial charge in [0.2, 0.25) is 5.90 Å². The average Bonchev–Trinajstić information content (AvgIpc) is 3.01. The molecule has 0 atom stereocenters. The van der Waals surface area contributed by atoms with Crippen LogP contribution in [-0.2, 0) is 14.3 Å². The fourth-order valence-electron chi connectivity index (χ4n) is 2.33. The Balaban J connectivity index is 1.81. The molecule has 2 aromatic carbocycles. The molecule has 1 N–H and O–H groups in total. The van der Waals surface area contributed by atoms with E-state index in [4.69, 9.17) is 14.6 Å². The molecule has 0 saturated heterocycles. The SMILES string of the molecule is O=C(O)COc1ccc(/C=C2\N=C(c3ccccc3OC(F)F)OC2=O)cc1. The Labute approximate surface area is 157 Å². The average molecular weight is 389 g/mol. The van der Waals surface area contributed by atoms with Crippen molar-refractivity contribution in [3.63, 3.8) is 0 Å². The number of cyclic esters (lactones) is 1. The van der Waals surface area contributed by atoms with Crippen LogP contribution in [0.15, 0.2) is 59.2 Å². The molecular weight excluding hydrogens is 376 g/mol. The molecular formula is C19H13F2NO6. The standard InChI is InChI=1S/C19H13F2NO6/c20-19(21)27-15-4-2-1-3-13(15)17-22-14(18(25)28-17)9-11-5-7-12(8-6-11)26-10-16(23)24/h1-9,19H,10H2,(H,23,24)/b14-9-. The molecule has 0 unspecified atom stereocenters. The number of alkyl halides is 2. The van der Waals surface area contributed by atoms with Gasteiger partial charge in [-0.05, 0) is 35.9 Å². The molecule has 7 nitrogen and oxygen atoms in total. The lowest BCUT2D eigenvalue weighted by Gasteiger charge is -2.08. The van der Waals surface area contributed by atoms with Gasteiger partial charge in [-0.1, -0.05) is 24.3 Å². The molecule has 2 aromatic rings. The second kappa shape index (κ2) is 8.30. The van der Waals surface area contributed by atoms with Crippen LogP contribution in [-0.4, -0.2) is 36.2 Å². The third kappa shape index (κ3) is 4.70. The van der Waals surface area contributed by atoms with Crippen LogP contribution in [0.2, 0.25) is 0 Å². The van der Waals surface area contributed by atoms with Crippen molar-refractivity contribution >= 4 is 23.9 Å². The lowest BCUT2D eigenvalue weighted by molar-refractivity contribution is -0.139. The number of carboxylic acids is 1. The van der Waals surface area contributed by atoms with Crippen molar-refractivity contribution in [1.82, 2.24) is 0 Å². The molecule has 0 amide bonds. The van der Waals surface area contributed by atoms with Gasteiger partial charge in [0.1, 0.15) is 11.5 Å². The monoisotopic (exact) mass is 389 g/mol. The first kappa shape index (κ1) is 19.0. The van der Waals surface area contributed by atoms with E-state index in [0.717, 1.165) is 0 Å². The van der Waals surface area contributed by atoms with Crippen LogP contribution in [0.25, 0.3) is 6.08 Å². The zero-order valence-electron chi connectivity index (χ0n) is 14.2. The molecule has 0 saturated carbocycles. The highest BCUT2D eigenvalue weighted by atomic mass is 19.3. The van der Waals surface area contributed by atoms with Crippen LogP contribution in [0.5, 0.6) is 11.5 Å². The smallest absolute Gasteiger partial charge is 0.387 e. The van der Waals surface area contributed by atoms with Gasteiger partial charge in [-0.3, -0.25) is 0 Å². The molecule has 0 radical (unpaired) electrons. The van der Waals surface area contributed by atoms with Crippen molar-refractivity contribution in [1.29, 1.82) is 0 Å². The highest BCUT2D eigenvalue weighted by Gasteiger charge is 2.26. The minimum absolute atomic E-state index is 0.0268. The number of benzene rings is 2. The second-order valence-corrected chi connectivity index (χ2v) is 5.46. The first-order valence-corrected chi connectivity index (χ1v) is 7.94. The third-order valence-electron chi connectivity index (χ3n) is 3.50. The number of carbonyl (C=O) groups is 2.